The summed E-state index contributed by atoms with van der Waals surface area (Å²) in [7, 11) is -2.55. The number of nitrogens with one attached hydrogen (secondary N) is 5. The minimum Gasteiger partial charge on any atom is -0.396 e. The van der Waals surface area contributed by atoms with Gasteiger partial charge < -0.3 is 36.7 Å². The Labute approximate surface area is 370 Å². The predicted octanol–water partition coefficient (Wildman–Crippen LogP) is 4.40. The maximum Gasteiger partial charge on any atom is 0.264 e. The largest absolute Gasteiger partial charge is 0.396 e. The first-order valence-electron chi connectivity index (χ1n) is 20.3. The number of carbonyl (C=O) groups is 4. The van der Waals surface area contributed by atoms with Gasteiger partial charge in [-0.25, -0.2) is 18.1 Å². The van der Waals surface area contributed by atoms with Gasteiger partial charge in [0.1, 0.15) is 17.1 Å². The number of halogens is 1. The number of aromatic amines is 1. The van der Waals surface area contributed by atoms with Crippen molar-refractivity contribution in [2.45, 2.75) is 91.5 Å². The van der Waals surface area contributed by atoms with Gasteiger partial charge in [0.25, 0.3) is 10.0 Å². The van der Waals surface area contributed by atoms with E-state index in [1.54, 1.807) is 43.6 Å². The van der Waals surface area contributed by atoms with E-state index in [1.165, 1.54) is 28.8 Å². The SMILES string of the molecule is CC(=O)NS(=O)(=O)c1ccc(-c2ccc(Cl)c3c2CNC(=O)[C@H](Cc2c[nH]c4ccccc24)N(C)C(=O)[C@H](CCCCN)NC(=O)[C@H](CCCO)NCc2cccnc2S3)cc1. The van der Waals surface area contributed by atoms with E-state index in [9.17, 15) is 32.7 Å². The van der Waals surface area contributed by atoms with Gasteiger partial charge in [0.15, 0.2) is 0 Å². The number of pyridine rings is 1. The van der Waals surface area contributed by atoms with Gasteiger partial charge in [-0.15, -0.1) is 0 Å². The van der Waals surface area contributed by atoms with Crippen molar-refractivity contribution in [2.24, 2.45) is 5.73 Å². The third kappa shape index (κ3) is 11.2. The average Bonchev–Trinajstić information content (AvgIpc) is 3.67. The molecule has 2 aromatic heterocycles. The summed E-state index contributed by atoms with van der Waals surface area (Å²) in [5, 5.41) is 21.0. The number of rotatable bonds is 12. The fourth-order valence-corrected chi connectivity index (χ4v) is 9.78. The second kappa shape index (κ2) is 21.2. The zero-order valence-electron chi connectivity index (χ0n) is 34.4. The Morgan fingerprint density at radius 2 is 1.73 bits per heavy atom. The molecule has 3 aromatic carbocycles. The highest BCUT2D eigenvalue weighted by Gasteiger charge is 2.34. The monoisotopic (exact) mass is 902 g/mol. The van der Waals surface area contributed by atoms with Crippen LogP contribution in [0.4, 0.5) is 0 Å². The molecule has 1 aliphatic heterocycles. The number of hydrogen-bond acceptors (Lipinski definition) is 11. The lowest BCUT2D eigenvalue weighted by Crippen LogP contribution is -2.57. The van der Waals surface area contributed by atoms with Crippen LogP contribution in [0.2, 0.25) is 5.02 Å². The highest BCUT2D eigenvalue weighted by molar-refractivity contribution is 7.99. The molecule has 0 saturated carbocycles. The van der Waals surface area contributed by atoms with Crippen molar-refractivity contribution in [3.8, 4) is 11.1 Å². The Balaban J connectivity index is 1.48. The molecule has 8 N–H and O–H groups in total. The maximum atomic E-state index is 14.8. The van der Waals surface area contributed by atoms with Gasteiger partial charge in [-0.2, -0.15) is 0 Å². The van der Waals surface area contributed by atoms with Gasteiger partial charge in [-0.05, 0) is 96.8 Å². The molecule has 0 unspecified atom stereocenters. The number of likely N-dealkylation sites (N-methyl/N-ethyl adjacent to an activating group) is 1. The molecule has 0 fully saturated rings. The number of nitrogens with zero attached hydrogens (tertiary/aromatic N) is 2. The van der Waals surface area contributed by atoms with Gasteiger partial charge in [-0.1, -0.05) is 65.8 Å². The molecule has 0 bridgehead atoms. The number of aliphatic hydroxyl groups is 1. The summed E-state index contributed by atoms with van der Waals surface area (Å²) < 4.78 is 27.6. The Bertz CT molecular complexity index is 2520. The summed E-state index contributed by atoms with van der Waals surface area (Å²) in [5.41, 5.74) is 10.1. The standard InChI is InChI=1S/C44H51ClN8O7S2/c1-27(55)52-62(59,60)31-16-14-28(15-17-31)32-18-19-35(45)40-34(32)26-50-42(57)39(23-30-25-48-36-11-4-3-10-33(30)36)53(2)44(58)38(12-5-6-20-46)51-41(56)37(13-8-22-54)49-24-29-9-7-21-47-43(29)61-40/h3-4,7,9-11,14-19,21,25,37-39,48-49,54H,5-6,8,12-13,20,22-24,26,46H2,1-2H3,(H,50,57)(H,51,56)(H,52,55)/t37-,38-,39-/m0/s1. The van der Waals surface area contributed by atoms with Crippen molar-refractivity contribution >= 4 is 67.9 Å². The molecule has 0 radical (unpaired) electrons. The highest BCUT2D eigenvalue weighted by atomic mass is 35.5. The molecule has 0 saturated heterocycles. The van der Waals surface area contributed by atoms with Crippen molar-refractivity contribution in [1.29, 1.82) is 0 Å². The smallest absolute Gasteiger partial charge is 0.264 e. The van der Waals surface area contributed by atoms with Crippen LogP contribution in [0.25, 0.3) is 22.0 Å². The number of sulfonamides is 1. The third-order valence-corrected chi connectivity index (χ3v) is 13.8. The van der Waals surface area contributed by atoms with Gasteiger partial charge in [0, 0.05) is 68.3 Å². The normalized spacial score (nSPS) is 18.0. The van der Waals surface area contributed by atoms with Crippen LogP contribution in [0.1, 0.15) is 55.7 Å². The van der Waals surface area contributed by atoms with E-state index in [-0.39, 0.29) is 43.9 Å². The topological polar surface area (TPSA) is 229 Å². The molecule has 3 atom stereocenters. The van der Waals surface area contributed by atoms with Crippen molar-refractivity contribution < 1.29 is 32.7 Å². The third-order valence-electron chi connectivity index (χ3n) is 10.7. The molecule has 328 valence electrons. The molecule has 18 heteroatoms. The van der Waals surface area contributed by atoms with Crippen molar-refractivity contribution in [2.75, 3.05) is 20.2 Å². The van der Waals surface area contributed by atoms with E-state index < -0.39 is 51.8 Å². The summed E-state index contributed by atoms with van der Waals surface area (Å²) in [6.45, 7) is 1.51. The number of aliphatic hydroxyl groups excluding tert-OH is 1. The molecule has 62 heavy (non-hydrogen) atoms. The highest BCUT2D eigenvalue weighted by Crippen LogP contribution is 2.41. The Hall–Kier alpha value is -5.30. The molecule has 1 aliphatic rings. The first kappa shape index (κ1) is 46.2. The van der Waals surface area contributed by atoms with Gasteiger partial charge >= 0.3 is 0 Å². The van der Waals surface area contributed by atoms with Gasteiger partial charge in [-0.3, -0.25) is 19.2 Å². The number of amides is 4. The molecular formula is C44H51ClN8O7S2. The lowest BCUT2D eigenvalue weighted by Gasteiger charge is -2.32. The number of para-hydroxylation sites is 1. The first-order valence-corrected chi connectivity index (χ1v) is 23.0. The number of hydrogen-bond donors (Lipinski definition) is 7. The number of benzene rings is 3. The molecule has 5 aromatic rings. The zero-order valence-corrected chi connectivity index (χ0v) is 36.8. The molecule has 15 nitrogen and oxygen atoms in total. The lowest BCUT2D eigenvalue weighted by atomic mass is 9.98. The van der Waals surface area contributed by atoms with Crippen LogP contribution in [-0.2, 0) is 48.7 Å². The summed E-state index contributed by atoms with van der Waals surface area (Å²) in [6, 6.07) is 18.0. The zero-order chi connectivity index (χ0) is 44.4. The van der Waals surface area contributed by atoms with Crippen LogP contribution >= 0.6 is 23.4 Å². The summed E-state index contributed by atoms with van der Waals surface area (Å²) in [5.74, 6) is -2.07. The summed E-state index contributed by atoms with van der Waals surface area (Å²) in [4.78, 5) is 64.9. The molecule has 4 amide bonds. The Morgan fingerprint density at radius 1 is 0.968 bits per heavy atom. The average molecular weight is 904 g/mol. The maximum absolute atomic E-state index is 14.8. The predicted molar refractivity (Wildman–Crippen MR) is 238 cm³/mol. The molecule has 3 heterocycles. The van der Waals surface area contributed by atoms with E-state index in [1.807, 2.05) is 41.3 Å². The van der Waals surface area contributed by atoms with E-state index in [2.05, 4.69) is 25.9 Å². The van der Waals surface area contributed by atoms with Crippen LogP contribution in [0.15, 0.2) is 100 Å². The number of nitrogens with two attached hydrogens (primary N) is 1. The second-order valence-corrected chi connectivity index (χ2v) is 18.1. The fraction of sp³-hybridized carbons (Fsp3) is 0.341. The van der Waals surface area contributed by atoms with Crippen LogP contribution in [-0.4, -0.2) is 90.3 Å². The van der Waals surface area contributed by atoms with Gasteiger partial charge in [0.05, 0.1) is 16.0 Å². The number of unbranched alkanes of at least 4 members (excludes halogenated alkanes) is 1. The minimum absolute atomic E-state index is 0.0598. The van der Waals surface area contributed by atoms with E-state index in [0.29, 0.717) is 57.4 Å². The quantitative estimate of drug-likeness (QED) is 0.0869. The van der Waals surface area contributed by atoms with Gasteiger partial charge in [0.2, 0.25) is 23.6 Å². The van der Waals surface area contributed by atoms with Crippen LogP contribution < -0.4 is 26.4 Å². The first-order chi connectivity index (χ1) is 29.8. The lowest BCUT2D eigenvalue weighted by molar-refractivity contribution is -0.142. The van der Waals surface area contributed by atoms with E-state index >= 15 is 0 Å². The van der Waals surface area contributed by atoms with Crippen molar-refractivity contribution in [1.82, 2.24) is 35.5 Å². The number of fused-ring (bicyclic) bond motifs is 3. The van der Waals surface area contributed by atoms with Crippen molar-refractivity contribution in [3.63, 3.8) is 0 Å². The fourth-order valence-electron chi connectivity index (χ4n) is 7.45. The summed E-state index contributed by atoms with van der Waals surface area (Å²) >= 11 is 8.28. The minimum atomic E-state index is -4.11. The summed E-state index contributed by atoms with van der Waals surface area (Å²) in [6.07, 6.45) is 5.64. The molecule has 0 spiro atoms. The molecule has 6 rings (SSSR count). The Morgan fingerprint density at radius 3 is 2.47 bits per heavy atom. The molecular weight excluding hydrogens is 852 g/mol. The number of carbonyl (C=O) groups excluding carboxylic acids is 4. The van der Waals surface area contributed by atoms with Crippen molar-refractivity contribution in [3.05, 3.63) is 107 Å². The van der Waals surface area contributed by atoms with Crippen LogP contribution in [0.3, 0.4) is 0 Å². The Kier molecular flexibility index (Phi) is 15.8. The van der Waals surface area contributed by atoms with E-state index in [4.69, 9.17) is 17.3 Å². The number of aromatic nitrogens is 2. The van der Waals surface area contributed by atoms with Crippen LogP contribution in [0.5, 0.6) is 0 Å². The second-order valence-electron chi connectivity index (χ2n) is 15.0. The van der Waals surface area contributed by atoms with E-state index in [0.717, 1.165) is 29.0 Å². The van der Waals surface area contributed by atoms with Crippen LogP contribution in [0, 0.1) is 0 Å². The number of H-pyrrole nitrogens is 1. The molecule has 0 aliphatic carbocycles.